The van der Waals surface area contributed by atoms with E-state index in [1.807, 2.05) is 12.1 Å². The van der Waals surface area contributed by atoms with Crippen molar-refractivity contribution < 1.29 is 4.74 Å². The third-order valence-electron chi connectivity index (χ3n) is 6.26. The summed E-state index contributed by atoms with van der Waals surface area (Å²) in [7, 11) is 2.11. The van der Waals surface area contributed by atoms with Crippen LogP contribution >= 0.6 is 11.8 Å². The molecule has 7 nitrogen and oxygen atoms in total. The van der Waals surface area contributed by atoms with Crippen LogP contribution in [0.5, 0.6) is 0 Å². The van der Waals surface area contributed by atoms with Gasteiger partial charge >= 0.3 is 0 Å². The van der Waals surface area contributed by atoms with E-state index in [9.17, 15) is 0 Å². The number of nitrogens with zero attached hydrogens (tertiary/aromatic N) is 6. The van der Waals surface area contributed by atoms with Crippen LogP contribution in [0.4, 0.5) is 0 Å². The van der Waals surface area contributed by atoms with Gasteiger partial charge in [-0.1, -0.05) is 48.2 Å². The summed E-state index contributed by atoms with van der Waals surface area (Å²) in [6, 6.07) is 14.7. The fraction of sp³-hybridized carbons (Fsp3) is 0.385. The second-order valence-corrected chi connectivity index (χ2v) is 9.82. The lowest BCUT2D eigenvalue weighted by atomic mass is 10.1. The first-order valence-corrected chi connectivity index (χ1v) is 12.7. The predicted octanol–water partition coefficient (Wildman–Crippen LogP) is 4.63. The van der Waals surface area contributed by atoms with E-state index < -0.39 is 0 Å². The first kappa shape index (κ1) is 23.0. The Morgan fingerprint density at radius 2 is 1.88 bits per heavy atom. The maximum atomic E-state index is 5.95. The Labute approximate surface area is 204 Å². The fourth-order valence-electron chi connectivity index (χ4n) is 4.40. The van der Waals surface area contributed by atoms with E-state index in [1.165, 1.54) is 11.1 Å². The molecule has 0 bridgehead atoms. The first-order chi connectivity index (χ1) is 16.7. The molecule has 1 atom stereocenters. The summed E-state index contributed by atoms with van der Waals surface area (Å²) in [5.41, 5.74) is 5.66. The molecule has 0 aliphatic carbocycles. The lowest BCUT2D eigenvalue weighted by molar-refractivity contribution is 0.0934. The molecular weight excluding hydrogens is 444 g/mol. The molecule has 8 heteroatoms. The molecule has 3 heterocycles. The minimum absolute atomic E-state index is 0.228. The summed E-state index contributed by atoms with van der Waals surface area (Å²) >= 11 is 1.75. The van der Waals surface area contributed by atoms with Crippen LogP contribution in [0.2, 0.25) is 0 Å². The highest BCUT2D eigenvalue weighted by atomic mass is 32.2. The highest BCUT2D eigenvalue weighted by Gasteiger charge is 2.22. The van der Waals surface area contributed by atoms with E-state index >= 15 is 0 Å². The highest BCUT2D eigenvalue weighted by molar-refractivity contribution is 7.98. The number of rotatable bonds is 9. The van der Waals surface area contributed by atoms with Crippen molar-refractivity contribution in [3.63, 3.8) is 0 Å². The maximum absolute atomic E-state index is 5.95. The van der Waals surface area contributed by atoms with Gasteiger partial charge in [0.15, 0.2) is 5.16 Å². The standard InChI is InChI=1S/C26H30N6OS/c1-19-7-3-4-8-21(19)18-34-26-30-29-24(32(26)16-22-10-6-14-33-22)17-31(2)15-20-9-5-11-23-25(20)28-13-12-27-23/h3-5,7-9,11-13,22H,6,10,14-18H2,1-2H3/t22-/m0/s1. The molecule has 0 amide bonds. The molecule has 0 spiro atoms. The molecule has 2 aromatic heterocycles. The third kappa shape index (κ3) is 5.29. The number of benzene rings is 2. The van der Waals surface area contributed by atoms with Gasteiger partial charge in [-0.2, -0.15) is 0 Å². The second-order valence-electron chi connectivity index (χ2n) is 8.87. The van der Waals surface area contributed by atoms with E-state index in [0.29, 0.717) is 6.54 Å². The van der Waals surface area contributed by atoms with Crippen molar-refractivity contribution in [2.24, 2.45) is 0 Å². The molecule has 34 heavy (non-hydrogen) atoms. The van der Waals surface area contributed by atoms with Gasteiger partial charge in [0.1, 0.15) is 5.82 Å². The van der Waals surface area contributed by atoms with Gasteiger partial charge in [0, 0.05) is 31.3 Å². The predicted molar refractivity (Wildman–Crippen MR) is 134 cm³/mol. The number of thioether (sulfide) groups is 1. The number of hydrogen-bond donors (Lipinski definition) is 0. The summed E-state index contributed by atoms with van der Waals surface area (Å²) in [5.74, 6) is 1.84. The summed E-state index contributed by atoms with van der Waals surface area (Å²) in [4.78, 5) is 11.2. The molecule has 0 unspecified atom stereocenters. The third-order valence-corrected chi connectivity index (χ3v) is 7.27. The van der Waals surface area contributed by atoms with Crippen LogP contribution in [0.25, 0.3) is 11.0 Å². The lowest BCUT2D eigenvalue weighted by Gasteiger charge is -2.19. The summed E-state index contributed by atoms with van der Waals surface area (Å²) in [5, 5.41) is 10.1. The highest BCUT2D eigenvalue weighted by Crippen LogP contribution is 2.26. The molecule has 1 aliphatic rings. The van der Waals surface area contributed by atoms with Gasteiger partial charge in [-0.3, -0.25) is 14.9 Å². The van der Waals surface area contributed by atoms with Crippen LogP contribution in [0, 0.1) is 6.92 Å². The van der Waals surface area contributed by atoms with Gasteiger partial charge in [-0.15, -0.1) is 10.2 Å². The number of para-hydroxylation sites is 1. The smallest absolute Gasteiger partial charge is 0.191 e. The Morgan fingerprint density at radius 1 is 1.03 bits per heavy atom. The van der Waals surface area contributed by atoms with Gasteiger partial charge in [-0.25, -0.2) is 0 Å². The first-order valence-electron chi connectivity index (χ1n) is 11.8. The van der Waals surface area contributed by atoms with Crippen LogP contribution in [0.15, 0.2) is 60.0 Å². The average molecular weight is 475 g/mol. The van der Waals surface area contributed by atoms with E-state index in [-0.39, 0.29) is 6.10 Å². The molecule has 5 rings (SSSR count). The molecule has 1 aliphatic heterocycles. The van der Waals surface area contributed by atoms with Crippen LogP contribution in [0.1, 0.15) is 35.4 Å². The number of fused-ring (bicyclic) bond motifs is 1. The molecule has 0 N–H and O–H groups in total. The van der Waals surface area contributed by atoms with E-state index in [0.717, 1.165) is 65.9 Å². The summed E-state index contributed by atoms with van der Waals surface area (Å²) in [6.45, 7) is 5.25. The van der Waals surface area contributed by atoms with Crippen molar-refractivity contribution in [3.05, 3.63) is 77.4 Å². The van der Waals surface area contributed by atoms with Crippen molar-refractivity contribution >= 4 is 22.8 Å². The lowest BCUT2D eigenvalue weighted by Crippen LogP contribution is -2.23. The molecule has 4 aromatic rings. The zero-order chi connectivity index (χ0) is 23.3. The van der Waals surface area contributed by atoms with Crippen LogP contribution in [0.3, 0.4) is 0 Å². The Hall–Kier alpha value is -2.81. The van der Waals surface area contributed by atoms with Crippen LogP contribution < -0.4 is 0 Å². The van der Waals surface area contributed by atoms with Crippen molar-refractivity contribution in [2.75, 3.05) is 13.7 Å². The molecule has 0 radical (unpaired) electrons. The van der Waals surface area contributed by atoms with Gasteiger partial charge < -0.3 is 9.30 Å². The quantitative estimate of drug-likeness (QED) is 0.328. The Morgan fingerprint density at radius 3 is 2.74 bits per heavy atom. The molecule has 1 fully saturated rings. The van der Waals surface area contributed by atoms with Crippen molar-refractivity contribution in [1.29, 1.82) is 0 Å². The largest absolute Gasteiger partial charge is 0.376 e. The van der Waals surface area contributed by atoms with Crippen LogP contribution in [-0.2, 0) is 30.1 Å². The Kier molecular flexibility index (Phi) is 7.18. The summed E-state index contributed by atoms with van der Waals surface area (Å²) in [6.07, 6.45) is 5.92. The number of hydrogen-bond acceptors (Lipinski definition) is 7. The van der Waals surface area contributed by atoms with Gasteiger partial charge in [0.2, 0.25) is 0 Å². The normalized spacial score (nSPS) is 16.0. The maximum Gasteiger partial charge on any atom is 0.191 e. The Bertz CT molecular complexity index is 1250. The van der Waals surface area contributed by atoms with E-state index in [4.69, 9.17) is 4.74 Å². The summed E-state index contributed by atoms with van der Waals surface area (Å²) < 4.78 is 8.21. The minimum Gasteiger partial charge on any atom is -0.376 e. The zero-order valence-electron chi connectivity index (χ0n) is 19.7. The number of aromatic nitrogens is 5. The molecule has 176 valence electrons. The molecular formula is C26H30N6OS. The molecule has 2 aromatic carbocycles. The van der Waals surface area contributed by atoms with E-state index in [1.54, 1.807) is 24.2 Å². The number of ether oxygens (including phenoxy) is 1. The monoisotopic (exact) mass is 474 g/mol. The second kappa shape index (κ2) is 10.6. The molecule has 1 saturated heterocycles. The van der Waals surface area contributed by atoms with Crippen molar-refractivity contribution in [2.45, 2.75) is 56.4 Å². The minimum atomic E-state index is 0.228. The van der Waals surface area contributed by atoms with E-state index in [2.05, 4.69) is 73.9 Å². The SMILES string of the molecule is Cc1ccccc1CSc1nnc(CN(C)Cc2cccc3nccnc23)n1C[C@@H]1CCCO1. The van der Waals surface area contributed by atoms with Crippen molar-refractivity contribution in [3.8, 4) is 0 Å². The van der Waals surface area contributed by atoms with Gasteiger partial charge in [0.05, 0.1) is 30.2 Å². The van der Waals surface area contributed by atoms with Gasteiger partial charge in [0.25, 0.3) is 0 Å². The van der Waals surface area contributed by atoms with Crippen molar-refractivity contribution in [1.82, 2.24) is 29.6 Å². The average Bonchev–Trinajstić information content (AvgIpc) is 3.50. The molecule has 0 saturated carbocycles. The number of aryl methyl sites for hydroxylation is 1. The Balaban J connectivity index is 1.34. The topological polar surface area (TPSA) is 69.0 Å². The fourth-order valence-corrected chi connectivity index (χ4v) is 5.44. The zero-order valence-corrected chi connectivity index (χ0v) is 20.5. The van der Waals surface area contributed by atoms with Gasteiger partial charge in [-0.05, 0) is 49.6 Å². The van der Waals surface area contributed by atoms with Crippen LogP contribution in [-0.4, -0.2) is 49.4 Å².